The van der Waals surface area contributed by atoms with Gasteiger partial charge in [0.1, 0.15) is 0 Å². The molecule has 27 heavy (non-hydrogen) atoms. The number of rotatable bonds is 3. The molecule has 2 aromatic rings. The molecule has 4 nitrogen and oxygen atoms in total. The minimum absolute atomic E-state index is 0.0338. The van der Waals surface area contributed by atoms with E-state index in [0.29, 0.717) is 6.42 Å². The Balaban J connectivity index is 1.58. The summed E-state index contributed by atoms with van der Waals surface area (Å²) >= 11 is 0. The standard InChI is InChI=1S/C23H28N2O2/c1-15-7-8-16(2)17(13-15)14-20(26)25-21-18-5-3-4-6-19(18)23(22(21)27)9-11-24-12-10-23/h3-8,13,21-22,24,27H,9-12,14H2,1-2H3,(H,25,26)/t21-,22+/m1/s1. The molecule has 0 radical (unpaired) electrons. The second-order valence-corrected chi connectivity index (χ2v) is 8.09. The summed E-state index contributed by atoms with van der Waals surface area (Å²) in [6.07, 6.45) is 1.55. The first kappa shape index (κ1) is 18.2. The molecule has 2 aliphatic rings. The van der Waals surface area contributed by atoms with Gasteiger partial charge in [-0.2, -0.15) is 0 Å². The first-order valence-electron chi connectivity index (χ1n) is 9.85. The molecule has 4 heteroatoms. The molecule has 1 spiro atoms. The van der Waals surface area contributed by atoms with Gasteiger partial charge in [0.25, 0.3) is 0 Å². The number of carbonyl (C=O) groups is 1. The number of aliphatic hydroxyl groups is 1. The average molecular weight is 364 g/mol. The van der Waals surface area contributed by atoms with Gasteiger partial charge in [-0.15, -0.1) is 0 Å². The van der Waals surface area contributed by atoms with Crippen molar-refractivity contribution in [3.8, 4) is 0 Å². The molecule has 1 aliphatic carbocycles. The predicted molar refractivity (Wildman–Crippen MR) is 107 cm³/mol. The summed E-state index contributed by atoms with van der Waals surface area (Å²) < 4.78 is 0. The molecule has 0 bridgehead atoms. The fraction of sp³-hybridized carbons (Fsp3) is 0.435. The molecule has 0 aromatic heterocycles. The Hall–Kier alpha value is -2.17. The zero-order valence-electron chi connectivity index (χ0n) is 16.1. The summed E-state index contributed by atoms with van der Waals surface area (Å²) in [5.41, 5.74) is 5.35. The van der Waals surface area contributed by atoms with Crippen LogP contribution in [0.5, 0.6) is 0 Å². The molecule has 1 saturated heterocycles. The summed E-state index contributed by atoms with van der Waals surface area (Å²) in [6.45, 7) is 5.87. The first-order valence-corrected chi connectivity index (χ1v) is 9.85. The molecular formula is C23H28N2O2. The van der Waals surface area contributed by atoms with E-state index in [0.717, 1.165) is 48.2 Å². The van der Waals surface area contributed by atoms with Gasteiger partial charge in [-0.3, -0.25) is 4.79 Å². The number of fused-ring (bicyclic) bond motifs is 2. The molecule has 1 fully saturated rings. The van der Waals surface area contributed by atoms with Crippen molar-refractivity contribution in [1.82, 2.24) is 10.6 Å². The van der Waals surface area contributed by atoms with Gasteiger partial charge in [-0.1, -0.05) is 48.0 Å². The average Bonchev–Trinajstić information content (AvgIpc) is 2.88. The van der Waals surface area contributed by atoms with Crippen LogP contribution in [-0.2, 0) is 16.6 Å². The van der Waals surface area contributed by atoms with Crippen molar-refractivity contribution < 1.29 is 9.90 Å². The van der Waals surface area contributed by atoms with Crippen LogP contribution >= 0.6 is 0 Å². The van der Waals surface area contributed by atoms with Gasteiger partial charge >= 0.3 is 0 Å². The topological polar surface area (TPSA) is 61.4 Å². The second-order valence-electron chi connectivity index (χ2n) is 8.09. The van der Waals surface area contributed by atoms with Gasteiger partial charge in [0.2, 0.25) is 5.91 Å². The zero-order chi connectivity index (χ0) is 19.0. The van der Waals surface area contributed by atoms with Crippen LogP contribution in [0.4, 0.5) is 0 Å². The molecule has 142 valence electrons. The Bertz CT molecular complexity index is 855. The molecule has 0 saturated carbocycles. The number of hydrogen-bond donors (Lipinski definition) is 3. The largest absolute Gasteiger partial charge is 0.390 e. The maximum absolute atomic E-state index is 12.8. The second kappa shape index (κ2) is 7.10. The van der Waals surface area contributed by atoms with E-state index in [1.165, 1.54) is 5.56 Å². The Morgan fingerprint density at radius 3 is 2.70 bits per heavy atom. The van der Waals surface area contributed by atoms with Gasteiger partial charge in [0.05, 0.1) is 18.6 Å². The Morgan fingerprint density at radius 2 is 1.93 bits per heavy atom. The third-order valence-corrected chi connectivity index (χ3v) is 6.38. The van der Waals surface area contributed by atoms with Crippen molar-refractivity contribution in [2.45, 2.75) is 50.7 Å². The van der Waals surface area contributed by atoms with Crippen LogP contribution in [-0.4, -0.2) is 30.2 Å². The summed E-state index contributed by atoms with van der Waals surface area (Å²) in [4.78, 5) is 12.8. The molecule has 4 rings (SSSR count). The molecule has 2 atom stereocenters. The number of benzene rings is 2. The van der Waals surface area contributed by atoms with Crippen LogP contribution in [0.15, 0.2) is 42.5 Å². The lowest BCUT2D eigenvalue weighted by molar-refractivity contribution is -0.122. The SMILES string of the molecule is Cc1ccc(C)c(CC(=O)N[C@@H]2c3ccccc3C3(CCNCC3)[C@H]2O)c1. The maximum Gasteiger partial charge on any atom is 0.225 e. The molecule has 1 aliphatic heterocycles. The summed E-state index contributed by atoms with van der Waals surface area (Å²) in [5, 5.41) is 17.8. The lowest BCUT2D eigenvalue weighted by atomic mass is 9.72. The van der Waals surface area contributed by atoms with Crippen molar-refractivity contribution in [1.29, 1.82) is 0 Å². The maximum atomic E-state index is 12.8. The van der Waals surface area contributed by atoms with Gasteiger partial charge in [-0.05, 0) is 62.0 Å². The fourth-order valence-electron chi connectivity index (χ4n) is 4.85. The van der Waals surface area contributed by atoms with Crippen LogP contribution in [0.2, 0.25) is 0 Å². The summed E-state index contributed by atoms with van der Waals surface area (Å²) in [5.74, 6) is -0.0338. The predicted octanol–water partition coefficient (Wildman–Crippen LogP) is 2.70. The van der Waals surface area contributed by atoms with Crippen LogP contribution in [0.25, 0.3) is 0 Å². The van der Waals surface area contributed by atoms with E-state index in [1.54, 1.807) is 0 Å². The third kappa shape index (κ3) is 3.17. The Labute approximate surface area is 161 Å². The highest BCUT2D eigenvalue weighted by Crippen LogP contribution is 2.49. The van der Waals surface area contributed by atoms with E-state index >= 15 is 0 Å². The normalized spacial score (nSPS) is 23.2. The van der Waals surface area contributed by atoms with E-state index in [1.807, 2.05) is 26.0 Å². The van der Waals surface area contributed by atoms with Crippen LogP contribution in [0, 0.1) is 13.8 Å². The Kier molecular flexibility index (Phi) is 4.79. The highest BCUT2D eigenvalue weighted by atomic mass is 16.3. The third-order valence-electron chi connectivity index (χ3n) is 6.38. The highest BCUT2D eigenvalue weighted by molar-refractivity contribution is 5.80. The van der Waals surface area contributed by atoms with Crippen molar-refractivity contribution in [2.24, 2.45) is 0 Å². The van der Waals surface area contributed by atoms with Gasteiger partial charge in [-0.25, -0.2) is 0 Å². The molecular weight excluding hydrogens is 336 g/mol. The lowest BCUT2D eigenvalue weighted by Gasteiger charge is -2.38. The molecule has 2 aromatic carbocycles. The van der Waals surface area contributed by atoms with E-state index in [9.17, 15) is 9.90 Å². The number of hydrogen-bond acceptors (Lipinski definition) is 3. The van der Waals surface area contributed by atoms with E-state index in [2.05, 4.69) is 41.0 Å². The number of aliphatic hydroxyl groups excluding tert-OH is 1. The summed E-state index contributed by atoms with van der Waals surface area (Å²) in [6, 6.07) is 14.1. The Morgan fingerprint density at radius 1 is 1.19 bits per heavy atom. The van der Waals surface area contributed by atoms with Gasteiger partial charge < -0.3 is 15.7 Å². The monoisotopic (exact) mass is 364 g/mol. The number of amides is 1. The van der Waals surface area contributed by atoms with Crippen LogP contribution in [0.1, 0.15) is 46.7 Å². The fourth-order valence-corrected chi connectivity index (χ4v) is 4.85. The zero-order valence-corrected chi connectivity index (χ0v) is 16.1. The van der Waals surface area contributed by atoms with Crippen molar-refractivity contribution in [3.05, 3.63) is 70.3 Å². The number of piperidine rings is 1. The van der Waals surface area contributed by atoms with Gasteiger partial charge in [0.15, 0.2) is 0 Å². The summed E-state index contributed by atoms with van der Waals surface area (Å²) in [7, 11) is 0. The minimum Gasteiger partial charge on any atom is -0.390 e. The van der Waals surface area contributed by atoms with Crippen molar-refractivity contribution in [3.63, 3.8) is 0 Å². The molecule has 0 unspecified atom stereocenters. The number of nitrogens with one attached hydrogen (secondary N) is 2. The van der Waals surface area contributed by atoms with Crippen molar-refractivity contribution >= 4 is 5.91 Å². The van der Waals surface area contributed by atoms with Crippen LogP contribution < -0.4 is 10.6 Å². The highest BCUT2D eigenvalue weighted by Gasteiger charge is 2.52. The molecule has 1 amide bonds. The van der Waals surface area contributed by atoms with E-state index < -0.39 is 6.10 Å². The lowest BCUT2D eigenvalue weighted by Crippen LogP contribution is -2.48. The minimum atomic E-state index is -0.584. The van der Waals surface area contributed by atoms with E-state index in [4.69, 9.17) is 0 Å². The van der Waals surface area contributed by atoms with Crippen molar-refractivity contribution in [2.75, 3.05) is 13.1 Å². The number of carbonyl (C=O) groups excluding carboxylic acids is 1. The quantitative estimate of drug-likeness (QED) is 0.785. The number of aryl methyl sites for hydroxylation is 2. The first-order chi connectivity index (χ1) is 13.0. The van der Waals surface area contributed by atoms with E-state index in [-0.39, 0.29) is 17.4 Å². The smallest absolute Gasteiger partial charge is 0.225 e. The van der Waals surface area contributed by atoms with Crippen LogP contribution in [0.3, 0.4) is 0 Å². The van der Waals surface area contributed by atoms with Gasteiger partial charge in [0, 0.05) is 5.41 Å². The molecule has 3 N–H and O–H groups in total. The molecule has 1 heterocycles.